The van der Waals surface area contributed by atoms with Gasteiger partial charge in [-0.15, -0.1) is 0 Å². The lowest BCUT2D eigenvalue weighted by molar-refractivity contribution is -0.144. The number of piperidine rings is 1. The highest BCUT2D eigenvalue weighted by Gasteiger charge is 2.27. The summed E-state index contributed by atoms with van der Waals surface area (Å²) < 4.78 is 21.9. The van der Waals surface area contributed by atoms with Gasteiger partial charge in [0.05, 0.1) is 5.75 Å². The first-order valence-electron chi connectivity index (χ1n) is 5.55. The number of hydrogen-bond donors (Lipinski definition) is 1. The predicted molar refractivity (Wildman–Crippen MR) is 61.2 cm³/mol. The van der Waals surface area contributed by atoms with E-state index in [1.165, 1.54) is 6.26 Å². The molecule has 0 aromatic carbocycles. The van der Waals surface area contributed by atoms with Crippen molar-refractivity contribution in [3.8, 4) is 0 Å². The summed E-state index contributed by atoms with van der Waals surface area (Å²) in [5, 5.41) is 9.01. The van der Waals surface area contributed by atoms with Crippen LogP contribution in [0.15, 0.2) is 0 Å². The van der Waals surface area contributed by atoms with Crippen molar-refractivity contribution in [1.82, 2.24) is 4.90 Å². The number of rotatable bonds is 5. The maximum absolute atomic E-state index is 11.0. The number of carbonyl (C=O) groups is 1. The predicted octanol–water partition coefficient (Wildman–Crippen LogP) is 0.360. The van der Waals surface area contributed by atoms with Gasteiger partial charge in [-0.2, -0.15) is 0 Å². The number of carboxylic acids is 1. The molecule has 0 aliphatic carbocycles. The molecule has 0 amide bonds. The van der Waals surface area contributed by atoms with Crippen LogP contribution in [0.5, 0.6) is 0 Å². The van der Waals surface area contributed by atoms with Crippen LogP contribution in [0.2, 0.25) is 0 Å². The van der Waals surface area contributed by atoms with Crippen molar-refractivity contribution in [2.24, 2.45) is 0 Å². The molecule has 0 bridgehead atoms. The molecular weight excluding hydrogens is 230 g/mol. The topological polar surface area (TPSA) is 74.7 Å². The van der Waals surface area contributed by atoms with Crippen LogP contribution >= 0.6 is 0 Å². The molecule has 1 atom stereocenters. The number of carboxylic acid groups (broad SMARTS) is 1. The molecule has 1 unspecified atom stereocenters. The first-order valence-corrected chi connectivity index (χ1v) is 7.61. The molecule has 0 radical (unpaired) electrons. The second kappa shape index (κ2) is 5.63. The van der Waals surface area contributed by atoms with Crippen LogP contribution in [-0.2, 0) is 14.6 Å². The summed E-state index contributed by atoms with van der Waals surface area (Å²) in [6.07, 6.45) is 4.34. The lowest BCUT2D eigenvalue weighted by atomic mass is 10.0. The Kier molecular flexibility index (Phi) is 4.73. The number of hydrogen-bond acceptors (Lipinski definition) is 4. The average Bonchev–Trinajstić information content (AvgIpc) is 2.16. The van der Waals surface area contributed by atoms with Gasteiger partial charge in [0.15, 0.2) is 0 Å². The van der Waals surface area contributed by atoms with Gasteiger partial charge in [-0.25, -0.2) is 8.42 Å². The fraction of sp³-hybridized carbons (Fsp3) is 0.900. The van der Waals surface area contributed by atoms with E-state index in [-0.39, 0.29) is 5.75 Å². The Hall–Kier alpha value is -0.620. The highest BCUT2D eigenvalue weighted by molar-refractivity contribution is 7.90. The van der Waals surface area contributed by atoms with Gasteiger partial charge < -0.3 is 5.11 Å². The zero-order valence-corrected chi connectivity index (χ0v) is 10.4. The van der Waals surface area contributed by atoms with E-state index in [1.54, 1.807) is 0 Å². The average molecular weight is 249 g/mol. The third-order valence-electron chi connectivity index (χ3n) is 2.86. The second-order valence-electron chi connectivity index (χ2n) is 4.37. The lowest BCUT2D eigenvalue weighted by Crippen LogP contribution is -2.45. The van der Waals surface area contributed by atoms with Gasteiger partial charge >= 0.3 is 5.97 Å². The van der Waals surface area contributed by atoms with Crippen molar-refractivity contribution in [1.29, 1.82) is 0 Å². The summed E-state index contributed by atoms with van der Waals surface area (Å²) in [5.41, 5.74) is 0. The van der Waals surface area contributed by atoms with Crippen LogP contribution in [0.25, 0.3) is 0 Å². The molecule has 1 rings (SSSR count). The molecule has 6 heteroatoms. The minimum Gasteiger partial charge on any atom is -0.480 e. The van der Waals surface area contributed by atoms with E-state index in [0.717, 1.165) is 19.4 Å². The molecule has 1 aliphatic rings. The van der Waals surface area contributed by atoms with Gasteiger partial charge in [0.25, 0.3) is 0 Å². The van der Waals surface area contributed by atoms with Crippen molar-refractivity contribution < 1.29 is 18.3 Å². The number of sulfone groups is 1. The van der Waals surface area contributed by atoms with Crippen LogP contribution in [-0.4, -0.2) is 55.5 Å². The lowest BCUT2D eigenvalue weighted by Gasteiger charge is -2.32. The van der Waals surface area contributed by atoms with Crippen LogP contribution in [0, 0.1) is 0 Å². The zero-order valence-electron chi connectivity index (χ0n) is 9.55. The molecule has 1 heterocycles. The Morgan fingerprint density at radius 3 is 2.69 bits per heavy atom. The molecule has 0 aromatic rings. The zero-order chi connectivity index (χ0) is 12.2. The van der Waals surface area contributed by atoms with Gasteiger partial charge in [-0.3, -0.25) is 9.69 Å². The van der Waals surface area contributed by atoms with E-state index in [4.69, 9.17) is 5.11 Å². The molecule has 5 nitrogen and oxygen atoms in total. The van der Waals surface area contributed by atoms with Gasteiger partial charge in [-0.05, 0) is 32.4 Å². The van der Waals surface area contributed by atoms with Crippen molar-refractivity contribution >= 4 is 15.8 Å². The molecule has 0 spiro atoms. The van der Waals surface area contributed by atoms with Gasteiger partial charge in [0.2, 0.25) is 0 Å². The summed E-state index contributed by atoms with van der Waals surface area (Å²) in [5.74, 6) is -0.658. The normalized spacial score (nSPS) is 23.2. The molecule has 0 saturated carbocycles. The third-order valence-corrected chi connectivity index (χ3v) is 3.89. The van der Waals surface area contributed by atoms with Crippen LogP contribution in [0.4, 0.5) is 0 Å². The maximum Gasteiger partial charge on any atom is 0.320 e. The van der Waals surface area contributed by atoms with Crippen molar-refractivity contribution in [3.63, 3.8) is 0 Å². The van der Waals surface area contributed by atoms with E-state index < -0.39 is 21.8 Å². The van der Waals surface area contributed by atoms with Gasteiger partial charge in [0, 0.05) is 6.26 Å². The summed E-state index contributed by atoms with van der Waals surface area (Å²) >= 11 is 0. The molecule has 1 aliphatic heterocycles. The maximum atomic E-state index is 11.0. The molecule has 94 valence electrons. The van der Waals surface area contributed by atoms with Crippen LogP contribution < -0.4 is 0 Å². The van der Waals surface area contributed by atoms with Crippen molar-refractivity contribution in [2.75, 3.05) is 25.1 Å². The fourth-order valence-electron chi connectivity index (χ4n) is 2.07. The fourth-order valence-corrected chi connectivity index (χ4v) is 2.72. The molecule has 1 fully saturated rings. The monoisotopic (exact) mass is 249 g/mol. The van der Waals surface area contributed by atoms with E-state index in [0.29, 0.717) is 19.4 Å². The minimum atomic E-state index is -2.94. The quantitative estimate of drug-likeness (QED) is 0.761. The van der Waals surface area contributed by atoms with Crippen LogP contribution in [0.3, 0.4) is 0 Å². The van der Waals surface area contributed by atoms with E-state index in [2.05, 4.69) is 0 Å². The minimum absolute atomic E-state index is 0.135. The Balaban J connectivity index is 2.41. The SMILES string of the molecule is CS(=O)(=O)CCCN1CCCCC1C(=O)O. The number of likely N-dealkylation sites (tertiary alicyclic amines) is 1. The van der Waals surface area contributed by atoms with Gasteiger partial charge in [-0.1, -0.05) is 6.42 Å². The molecule has 1 N–H and O–H groups in total. The summed E-state index contributed by atoms with van der Waals surface area (Å²) in [4.78, 5) is 12.9. The Morgan fingerprint density at radius 1 is 1.44 bits per heavy atom. The molecular formula is C10H19NO4S. The molecule has 1 saturated heterocycles. The molecule has 0 aromatic heterocycles. The number of nitrogens with zero attached hydrogens (tertiary/aromatic N) is 1. The molecule has 16 heavy (non-hydrogen) atoms. The third kappa shape index (κ3) is 4.49. The largest absolute Gasteiger partial charge is 0.480 e. The highest BCUT2D eigenvalue weighted by Crippen LogP contribution is 2.17. The second-order valence-corrected chi connectivity index (χ2v) is 6.63. The number of aliphatic carboxylic acids is 1. The van der Waals surface area contributed by atoms with E-state index in [1.807, 2.05) is 4.90 Å². The Morgan fingerprint density at radius 2 is 2.12 bits per heavy atom. The standard InChI is InChI=1S/C10H19NO4S/c1-16(14,15)8-4-7-11-6-3-2-5-9(11)10(12)13/h9H,2-8H2,1H3,(H,12,13). The smallest absolute Gasteiger partial charge is 0.320 e. The summed E-state index contributed by atoms with van der Waals surface area (Å²) in [7, 11) is -2.94. The first-order chi connectivity index (χ1) is 7.40. The highest BCUT2D eigenvalue weighted by atomic mass is 32.2. The van der Waals surface area contributed by atoms with Crippen molar-refractivity contribution in [3.05, 3.63) is 0 Å². The van der Waals surface area contributed by atoms with Crippen molar-refractivity contribution in [2.45, 2.75) is 31.7 Å². The Bertz CT molecular complexity index is 339. The van der Waals surface area contributed by atoms with E-state index in [9.17, 15) is 13.2 Å². The van der Waals surface area contributed by atoms with Gasteiger partial charge in [0.1, 0.15) is 15.9 Å². The summed E-state index contributed by atoms with van der Waals surface area (Å²) in [6.45, 7) is 1.32. The van der Waals surface area contributed by atoms with E-state index >= 15 is 0 Å². The van der Waals surface area contributed by atoms with Crippen LogP contribution in [0.1, 0.15) is 25.7 Å². The Labute approximate surface area is 96.4 Å². The summed E-state index contributed by atoms with van der Waals surface area (Å²) in [6, 6.07) is -0.423. The first kappa shape index (κ1) is 13.4.